The van der Waals surface area contributed by atoms with Gasteiger partial charge in [-0.15, -0.1) is 0 Å². The Hall–Kier alpha value is -3.42. The molecule has 3 amide bonds. The molecule has 0 radical (unpaired) electrons. The average Bonchev–Trinajstić information content (AvgIpc) is 2.92. The zero-order valence-electron chi connectivity index (χ0n) is 21.6. The lowest BCUT2D eigenvalue weighted by atomic mass is 9.93. The standard InChI is InChI=1S/C29H36FN3O4/c1-20-11-6-7-16-24(20)26(27(34)31-22-13-4-3-5-14-22)33(23-15-10-12-21(30)19-23)28(35)25-17-8-9-18-32(25)29(36)37-2/h6-7,10-12,15-16,19,22,25-26H,3-5,8-9,13-14,17-18H2,1-2H3,(H,31,34)/t25-,26-/m0/s1. The third-order valence-corrected chi connectivity index (χ3v) is 7.46. The van der Waals surface area contributed by atoms with Crippen molar-refractivity contribution in [3.8, 4) is 0 Å². The van der Waals surface area contributed by atoms with Crippen LogP contribution in [0.5, 0.6) is 0 Å². The smallest absolute Gasteiger partial charge is 0.410 e. The number of likely N-dealkylation sites (tertiary alicyclic amines) is 1. The minimum Gasteiger partial charge on any atom is -0.453 e. The number of hydrogen-bond donors (Lipinski definition) is 1. The summed E-state index contributed by atoms with van der Waals surface area (Å²) in [5.41, 5.74) is 1.77. The number of carbonyl (C=O) groups is 3. The number of hydrogen-bond acceptors (Lipinski definition) is 4. The zero-order chi connectivity index (χ0) is 26.4. The first-order chi connectivity index (χ1) is 17.9. The molecule has 2 aromatic rings. The summed E-state index contributed by atoms with van der Waals surface area (Å²) in [6, 6.07) is 11.3. The fourth-order valence-electron chi connectivity index (χ4n) is 5.53. The van der Waals surface area contributed by atoms with Gasteiger partial charge in [-0.25, -0.2) is 9.18 Å². The first-order valence-electron chi connectivity index (χ1n) is 13.2. The summed E-state index contributed by atoms with van der Waals surface area (Å²) in [5.74, 6) is -1.25. The summed E-state index contributed by atoms with van der Waals surface area (Å²) in [7, 11) is 1.29. The van der Waals surface area contributed by atoms with Crippen molar-refractivity contribution in [2.75, 3.05) is 18.6 Å². The van der Waals surface area contributed by atoms with Gasteiger partial charge in [0.2, 0.25) is 5.91 Å². The molecule has 0 unspecified atom stereocenters. The number of methoxy groups -OCH3 is 1. The van der Waals surface area contributed by atoms with Crippen molar-refractivity contribution < 1.29 is 23.5 Å². The second-order valence-electron chi connectivity index (χ2n) is 9.97. The highest BCUT2D eigenvalue weighted by Gasteiger charge is 2.41. The van der Waals surface area contributed by atoms with Crippen LogP contribution in [0.15, 0.2) is 48.5 Å². The largest absolute Gasteiger partial charge is 0.453 e. The van der Waals surface area contributed by atoms with Crippen molar-refractivity contribution >= 4 is 23.6 Å². The first-order valence-corrected chi connectivity index (χ1v) is 13.2. The van der Waals surface area contributed by atoms with E-state index >= 15 is 0 Å². The summed E-state index contributed by atoms with van der Waals surface area (Å²) in [5, 5.41) is 3.18. The van der Waals surface area contributed by atoms with Gasteiger partial charge in [-0.1, -0.05) is 49.6 Å². The van der Waals surface area contributed by atoms with Gasteiger partial charge < -0.3 is 10.1 Å². The summed E-state index contributed by atoms with van der Waals surface area (Å²) < 4.78 is 19.5. The predicted octanol–water partition coefficient (Wildman–Crippen LogP) is 5.28. The van der Waals surface area contributed by atoms with Crippen molar-refractivity contribution in [1.82, 2.24) is 10.2 Å². The number of rotatable bonds is 6. The second-order valence-corrected chi connectivity index (χ2v) is 9.97. The Morgan fingerprint density at radius 3 is 2.43 bits per heavy atom. The van der Waals surface area contributed by atoms with Crippen LogP contribution in [0.2, 0.25) is 0 Å². The van der Waals surface area contributed by atoms with Gasteiger partial charge in [0.05, 0.1) is 7.11 Å². The quantitative estimate of drug-likeness (QED) is 0.575. The molecule has 0 bridgehead atoms. The molecule has 1 N–H and O–H groups in total. The molecule has 0 aromatic heterocycles. The fourth-order valence-corrected chi connectivity index (χ4v) is 5.53. The number of benzene rings is 2. The SMILES string of the molecule is COC(=O)N1CCCC[C@H]1C(=O)N(c1cccc(F)c1)[C@H](C(=O)NC1CCCCC1)c1ccccc1C. The van der Waals surface area contributed by atoms with E-state index in [0.29, 0.717) is 18.5 Å². The molecule has 4 rings (SSSR count). The van der Waals surface area contributed by atoms with Crippen LogP contribution in [0.1, 0.15) is 68.5 Å². The van der Waals surface area contributed by atoms with E-state index in [1.807, 2.05) is 31.2 Å². The molecule has 0 spiro atoms. The summed E-state index contributed by atoms with van der Waals surface area (Å²) in [6.07, 6.45) is 6.36. The summed E-state index contributed by atoms with van der Waals surface area (Å²) in [6.45, 7) is 2.27. The molecule has 37 heavy (non-hydrogen) atoms. The van der Waals surface area contributed by atoms with Gasteiger partial charge in [0.15, 0.2) is 0 Å². The Bertz CT molecular complexity index is 1120. The monoisotopic (exact) mass is 509 g/mol. The van der Waals surface area contributed by atoms with Crippen LogP contribution in [-0.4, -0.2) is 48.5 Å². The molecule has 1 saturated heterocycles. The Morgan fingerprint density at radius 2 is 1.73 bits per heavy atom. The van der Waals surface area contributed by atoms with Crippen molar-refractivity contribution in [2.45, 2.75) is 76.4 Å². The molecule has 2 aliphatic rings. The molecule has 1 aliphatic heterocycles. The van der Waals surface area contributed by atoms with E-state index in [4.69, 9.17) is 4.74 Å². The van der Waals surface area contributed by atoms with Crippen LogP contribution < -0.4 is 10.2 Å². The molecule has 2 fully saturated rings. The normalized spacial score (nSPS) is 19.1. The maximum Gasteiger partial charge on any atom is 0.410 e. The van der Waals surface area contributed by atoms with Gasteiger partial charge in [0, 0.05) is 18.3 Å². The molecule has 1 heterocycles. The van der Waals surface area contributed by atoms with Crippen LogP contribution in [0.4, 0.5) is 14.9 Å². The number of aryl methyl sites for hydroxylation is 1. The Labute approximate surface area is 218 Å². The number of piperidine rings is 1. The van der Waals surface area contributed by atoms with Crippen LogP contribution in [-0.2, 0) is 14.3 Å². The van der Waals surface area contributed by atoms with Crippen LogP contribution in [0.25, 0.3) is 0 Å². The molecule has 1 aliphatic carbocycles. The van der Waals surface area contributed by atoms with Gasteiger partial charge in [0.25, 0.3) is 5.91 Å². The highest BCUT2D eigenvalue weighted by atomic mass is 19.1. The zero-order valence-corrected chi connectivity index (χ0v) is 21.6. The summed E-state index contributed by atoms with van der Waals surface area (Å²) >= 11 is 0. The second kappa shape index (κ2) is 12.2. The van der Waals surface area contributed by atoms with E-state index in [9.17, 15) is 18.8 Å². The topological polar surface area (TPSA) is 79.0 Å². The van der Waals surface area contributed by atoms with E-state index in [1.165, 1.54) is 35.1 Å². The lowest BCUT2D eigenvalue weighted by Crippen LogP contribution is -2.56. The highest BCUT2D eigenvalue weighted by Crippen LogP contribution is 2.34. The minimum absolute atomic E-state index is 0.0264. The number of nitrogens with zero attached hydrogens (tertiary/aromatic N) is 2. The van der Waals surface area contributed by atoms with Crippen LogP contribution in [0.3, 0.4) is 0 Å². The van der Waals surface area contributed by atoms with E-state index in [0.717, 1.165) is 50.5 Å². The number of amides is 3. The molecule has 8 heteroatoms. The number of carbonyl (C=O) groups excluding carboxylic acids is 3. The van der Waals surface area contributed by atoms with Gasteiger partial charge in [-0.05, 0) is 68.4 Å². The number of halogens is 1. The molecular formula is C29H36FN3O4. The Balaban J connectivity index is 1.81. The van der Waals surface area contributed by atoms with Crippen molar-refractivity contribution in [1.29, 1.82) is 0 Å². The number of anilines is 1. The number of ether oxygens (including phenoxy) is 1. The molecule has 7 nitrogen and oxygen atoms in total. The third-order valence-electron chi connectivity index (χ3n) is 7.46. The van der Waals surface area contributed by atoms with Gasteiger partial charge >= 0.3 is 6.09 Å². The highest BCUT2D eigenvalue weighted by molar-refractivity contribution is 6.04. The van der Waals surface area contributed by atoms with Crippen molar-refractivity contribution in [3.05, 3.63) is 65.5 Å². The van der Waals surface area contributed by atoms with E-state index in [2.05, 4.69) is 5.32 Å². The maximum absolute atomic E-state index is 14.5. The van der Waals surface area contributed by atoms with Crippen LogP contribution >= 0.6 is 0 Å². The maximum atomic E-state index is 14.5. The molecular weight excluding hydrogens is 473 g/mol. The van der Waals surface area contributed by atoms with Crippen molar-refractivity contribution in [3.63, 3.8) is 0 Å². The molecule has 1 saturated carbocycles. The minimum atomic E-state index is -1.03. The van der Waals surface area contributed by atoms with E-state index < -0.39 is 29.9 Å². The summed E-state index contributed by atoms with van der Waals surface area (Å²) in [4.78, 5) is 43.7. The molecule has 2 atom stereocenters. The van der Waals surface area contributed by atoms with Crippen molar-refractivity contribution in [2.24, 2.45) is 0 Å². The Morgan fingerprint density at radius 1 is 1.00 bits per heavy atom. The van der Waals surface area contributed by atoms with Gasteiger partial charge in [-0.2, -0.15) is 0 Å². The fraction of sp³-hybridized carbons (Fsp3) is 0.483. The van der Waals surface area contributed by atoms with Gasteiger partial charge in [-0.3, -0.25) is 19.4 Å². The number of nitrogens with one attached hydrogen (secondary N) is 1. The van der Waals surface area contributed by atoms with Gasteiger partial charge in [0.1, 0.15) is 17.9 Å². The molecule has 198 valence electrons. The lowest BCUT2D eigenvalue weighted by molar-refractivity contribution is -0.130. The third kappa shape index (κ3) is 6.12. The predicted molar refractivity (Wildman–Crippen MR) is 140 cm³/mol. The molecule has 2 aromatic carbocycles. The first kappa shape index (κ1) is 26.6. The van der Waals surface area contributed by atoms with E-state index in [1.54, 1.807) is 6.07 Å². The van der Waals surface area contributed by atoms with Crippen LogP contribution in [0, 0.1) is 12.7 Å². The van der Waals surface area contributed by atoms with E-state index in [-0.39, 0.29) is 17.6 Å². The Kier molecular flexibility index (Phi) is 8.79. The lowest BCUT2D eigenvalue weighted by Gasteiger charge is -2.40. The average molecular weight is 510 g/mol.